The molecule has 10 heteroatoms. The van der Waals surface area contributed by atoms with Gasteiger partial charge in [-0.05, 0) is 24.8 Å². The van der Waals surface area contributed by atoms with Gasteiger partial charge in [0.15, 0.2) is 5.17 Å². The molecule has 29 heavy (non-hydrogen) atoms. The van der Waals surface area contributed by atoms with Crippen molar-refractivity contribution in [3.8, 4) is 0 Å². The van der Waals surface area contributed by atoms with Gasteiger partial charge in [-0.2, -0.15) is 0 Å². The monoisotopic (exact) mass is 444 g/mol. The van der Waals surface area contributed by atoms with E-state index in [1.807, 2.05) is 11.9 Å². The largest absolute Gasteiger partial charge is 0.350 e. The third kappa shape index (κ3) is 6.30. The fourth-order valence-corrected chi connectivity index (χ4v) is 4.81. The van der Waals surface area contributed by atoms with Crippen molar-refractivity contribution in [2.75, 3.05) is 24.7 Å². The summed E-state index contributed by atoms with van der Waals surface area (Å²) in [6, 6.07) is 3.07. The van der Waals surface area contributed by atoms with Crippen LogP contribution in [0.4, 0.5) is 15.8 Å². The second kappa shape index (κ2) is 10.8. The normalized spacial score (nSPS) is 21.1. The van der Waals surface area contributed by atoms with Crippen LogP contribution >= 0.6 is 24.2 Å². The Balaban J connectivity index is 0.00000300. The molecule has 1 aliphatic heterocycles. The maximum absolute atomic E-state index is 13.9. The van der Waals surface area contributed by atoms with Crippen LogP contribution in [0.15, 0.2) is 23.2 Å². The smallest absolute Gasteiger partial charge is 0.271 e. The second-order valence-electron chi connectivity index (χ2n) is 7.38. The van der Waals surface area contributed by atoms with E-state index in [0.717, 1.165) is 35.7 Å². The quantitative estimate of drug-likeness (QED) is 0.516. The number of carbonyl (C=O) groups is 1. The van der Waals surface area contributed by atoms with Crippen LogP contribution in [0.2, 0.25) is 0 Å². The van der Waals surface area contributed by atoms with E-state index in [2.05, 4.69) is 5.32 Å². The van der Waals surface area contributed by atoms with Gasteiger partial charge in [0.1, 0.15) is 5.82 Å². The zero-order valence-electron chi connectivity index (χ0n) is 16.3. The molecule has 1 heterocycles. The predicted molar refractivity (Wildman–Crippen MR) is 116 cm³/mol. The molecule has 2 aliphatic rings. The van der Waals surface area contributed by atoms with E-state index in [4.69, 9.17) is 4.99 Å². The van der Waals surface area contributed by atoms with Gasteiger partial charge in [0.05, 0.1) is 10.6 Å². The van der Waals surface area contributed by atoms with Crippen LogP contribution in [0.25, 0.3) is 0 Å². The minimum atomic E-state index is -0.692. The Morgan fingerprint density at radius 3 is 2.79 bits per heavy atom. The summed E-state index contributed by atoms with van der Waals surface area (Å²) in [5.74, 6) is 0.341. The third-order valence-electron chi connectivity index (χ3n) is 5.32. The molecule has 0 radical (unpaired) electrons. The van der Waals surface area contributed by atoms with Gasteiger partial charge < -0.3 is 10.2 Å². The molecule has 1 N–H and O–H groups in total. The number of nitrogens with one attached hydrogen (secondary N) is 1. The predicted octanol–water partition coefficient (Wildman–Crippen LogP) is 4.47. The molecule has 1 aromatic carbocycles. The van der Waals surface area contributed by atoms with Crippen LogP contribution in [-0.4, -0.2) is 46.3 Å². The van der Waals surface area contributed by atoms with Gasteiger partial charge >= 0.3 is 0 Å². The maximum atomic E-state index is 13.9. The van der Waals surface area contributed by atoms with Crippen molar-refractivity contribution in [2.24, 2.45) is 10.9 Å². The van der Waals surface area contributed by atoms with Crippen LogP contribution in [0.1, 0.15) is 38.5 Å². The molecule has 1 atom stereocenters. The van der Waals surface area contributed by atoms with Crippen LogP contribution < -0.4 is 5.32 Å². The number of nitro benzene ring substituents is 1. The zero-order valence-corrected chi connectivity index (χ0v) is 17.9. The fourth-order valence-electron chi connectivity index (χ4n) is 3.61. The van der Waals surface area contributed by atoms with Gasteiger partial charge in [0.2, 0.25) is 5.91 Å². The summed E-state index contributed by atoms with van der Waals surface area (Å²) in [6.45, 7) is 0.838. The fraction of sp³-hybridized carbons (Fsp3) is 0.579. The molecule has 1 amide bonds. The molecular weight excluding hydrogens is 419 g/mol. The molecule has 0 spiro atoms. The Hall–Kier alpha value is -1.87. The van der Waals surface area contributed by atoms with Crippen LogP contribution in [0.5, 0.6) is 0 Å². The number of rotatable bonds is 6. The summed E-state index contributed by atoms with van der Waals surface area (Å²) in [6.07, 6.45) is 6.56. The zero-order chi connectivity index (χ0) is 20.1. The Morgan fingerprint density at radius 1 is 1.38 bits per heavy atom. The van der Waals surface area contributed by atoms with E-state index in [1.165, 1.54) is 32.1 Å². The summed E-state index contributed by atoms with van der Waals surface area (Å²) in [5, 5.41) is 14.2. The van der Waals surface area contributed by atoms with Crippen LogP contribution in [0, 0.1) is 21.8 Å². The molecule has 2 fully saturated rings. The molecule has 1 saturated heterocycles. The number of aliphatic imine (C=N–C) groups is 1. The van der Waals surface area contributed by atoms with Crippen molar-refractivity contribution < 1.29 is 14.1 Å². The van der Waals surface area contributed by atoms with E-state index in [1.54, 1.807) is 11.8 Å². The van der Waals surface area contributed by atoms with Crippen molar-refractivity contribution in [3.05, 3.63) is 34.1 Å². The summed E-state index contributed by atoms with van der Waals surface area (Å²) < 4.78 is 13.9. The summed E-state index contributed by atoms with van der Waals surface area (Å²) in [7, 11) is 1.92. The number of nitro groups is 1. The highest BCUT2D eigenvalue weighted by molar-refractivity contribution is 8.14. The molecule has 3 rings (SSSR count). The van der Waals surface area contributed by atoms with Gasteiger partial charge in [0, 0.05) is 43.9 Å². The summed E-state index contributed by atoms with van der Waals surface area (Å²) in [4.78, 5) is 29.3. The van der Waals surface area contributed by atoms with Gasteiger partial charge in [-0.25, -0.2) is 4.39 Å². The second-order valence-corrected chi connectivity index (χ2v) is 8.36. The lowest BCUT2D eigenvalue weighted by molar-refractivity contribution is -0.384. The number of amides is 1. The van der Waals surface area contributed by atoms with Crippen molar-refractivity contribution in [1.29, 1.82) is 0 Å². The SMILES string of the molecule is CN1/C(=N\CC2CCCCC2)SCC1CC(=O)Nc1cc([N+](=O)[O-])ccc1F.Cl. The third-order valence-corrected chi connectivity index (χ3v) is 6.55. The number of carbonyl (C=O) groups excluding carboxylic acids is 1. The number of anilines is 1. The lowest BCUT2D eigenvalue weighted by atomic mass is 9.89. The first-order valence-corrected chi connectivity index (χ1v) is 10.6. The molecule has 0 aromatic heterocycles. The lowest BCUT2D eigenvalue weighted by Gasteiger charge is -2.22. The van der Waals surface area contributed by atoms with Gasteiger partial charge in [-0.15, -0.1) is 12.4 Å². The summed E-state index contributed by atoms with van der Waals surface area (Å²) in [5.41, 5.74) is -0.430. The summed E-state index contributed by atoms with van der Waals surface area (Å²) >= 11 is 1.64. The lowest BCUT2D eigenvalue weighted by Crippen LogP contribution is -2.34. The number of hydrogen-bond acceptors (Lipinski definition) is 5. The van der Waals surface area contributed by atoms with Gasteiger partial charge in [-0.1, -0.05) is 31.0 Å². The maximum Gasteiger partial charge on any atom is 0.271 e. The average Bonchev–Trinajstić information content (AvgIpc) is 3.02. The number of nitrogens with zero attached hydrogens (tertiary/aromatic N) is 3. The first kappa shape index (κ1) is 23.4. The standard InChI is InChI=1S/C19H25FN4O3S.ClH/c1-23-15(12-28-19(23)21-11-13-5-3-2-4-6-13)10-18(25)22-17-9-14(24(26)27)7-8-16(17)20;/h7-9,13,15H,2-6,10-12H2,1H3,(H,22,25);1H/b21-19+;. The number of halogens is 2. The average molecular weight is 445 g/mol. The van der Waals surface area contributed by atoms with E-state index in [0.29, 0.717) is 5.92 Å². The first-order valence-electron chi connectivity index (χ1n) is 9.58. The van der Waals surface area contributed by atoms with Crippen molar-refractivity contribution >= 4 is 46.6 Å². The Kier molecular flexibility index (Phi) is 8.70. The molecule has 1 aromatic rings. The minimum absolute atomic E-state index is 0. The van der Waals surface area contributed by atoms with Crippen molar-refractivity contribution in [3.63, 3.8) is 0 Å². The Morgan fingerprint density at radius 2 is 2.10 bits per heavy atom. The molecule has 1 unspecified atom stereocenters. The molecule has 1 saturated carbocycles. The van der Waals surface area contributed by atoms with Crippen LogP contribution in [0.3, 0.4) is 0 Å². The van der Waals surface area contributed by atoms with E-state index in [-0.39, 0.29) is 42.2 Å². The Labute approximate surface area is 180 Å². The van der Waals surface area contributed by atoms with Gasteiger partial charge in [-0.3, -0.25) is 19.9 Å². The molecule has 0 bridgehead atoms. The molecule has 1 aliphatic carbocycles. The van der Waals surface area contributed by atoms with Crippen molar-refractivity contribution in [2.45, 2.75) is 44.6 Å². The highest BCUT2D eigenvalue weighted by atomic mass is 35.5. The molecular formula is C19H26ClFN4O3S. The van der Waals surface area contributed by atoms with E-state index in [9.17, 15) is 19.3 Å². The minimum Gasteiger partial charge on any atom is -0.350 e. The molecule has 7 nitrogen and oxygen atoms in total. The number of hydrogen-bond donors (Lipinski definition) is 1. The molecule has 160 valence electrons. The van der Waals surface area contributed by atoms with Gasteiger partial charge in [0.25, 0.3) is 5.69 Å². The number of thioether (sulfide) groups is 1. The van der Waals surface area contributed by atoms with Crippen LogP contribution in [-0.2, 0) is 4.79 Å². The topological polar surface area (TPSA) is 87.8 Å². The number of benzene rings is 1. The van der Waals surface area contributed by atoms with E-state index < -0.39 is 10.7 Å². The van der Waals surface area contributed by atoms with E-state index >= 15 is 0 Å². The Bertz CT molecular complexity index is 774. The number of non-ortho nitro benzene ring substituents is 1. The highest BCUT2D eigenvalue weighted by Gasteiger charge is 2.29. The highest BCUT2D eigenvalue weighted by Crippen LogP contribution is 2.28. The van der Waals surface area contributed by atoms with Crippen molar-refractivity contribution in [1.82, 2.24) is 4.90 Å². The number of amidine groups is 1. The first-order chi connectivity index (χ1) is 13.4.